The number of nitrogens with zero attached hydrogens (tertiary/aromatic N) is 1. The molecule has 0 unspecified atom stereocenters. The monoisotopic (exact) mass is 313 g/mol. The summed E-state index contributed by atoms with van der Waals surface area (Å²) in [6, 6.07) is 4.87. The molecule has 96 valence electrons. The average Bonchev–Trinajstić information content (AvgIpc) is 2.35. The van der Waals surface area contributed by atoms with Gasteiger partial charge in [0, 0.05) is 19.5 Å². The van der Waals surface area contributed by atoms with Crippen LogP contribution in [0.5, 0.6) is 0 Å². The van der Waals surface area contributed by atoms with Gasteiger partial charge in [-0.25, -0.2) is 4.39 Å². The summed E-state index contributed by atoms with van der Waals surface area (Å²) < 4.78 is 13.9. The second-order valence-electron chi connectivity index (χ2n) is 3.53. The molecule has 0 heterocycles. The molecular weight excluding hydrogens is 301 g/mol. The van der Waals surface area contributed by atoms with Gasteiger partial charge in [0.2, 0.25) is 5.91 Å². The number of anilines is 1. The van der Waals surface area contributed by atoms with Gasteiger partial charge < -0.3 is 10.6 Å². The Labute approximate surface area is 113 Å². The molecule has 0 aliphatic rings. The Morgan fingerprint density at radius 3 is 2.89 bits per heavy atom. The Morgan fingerprint density at radius 1 is 1.56 bits per heavy atom. The number of benzene rings is 1. The standard InChI is InChI=1S/C12H13BrFN3O/c1-2-16-10(18)5-6-17-9-4-3-8(7-15)11(13)12(9)14/h3-4,17H,2,5-6H2,1H3,(H,16,18). The van der Waals surface area contributed by atoms with Crippen LogP contribution in [0.25, 0.3) is 0 Å². The fourth-order valence-corrected chi connectivity index (χ4v) is 1.80. The number of amides is 1. The molecule has 2 N–H and O–H groups in total. The second kappa shape index (κ2) is 6.97. The summed E-state index contributed by atoms with van der Waals surface area (Å²) in [6.45, 7) is 2.75. The molecule has 4 nitrogen and oxygen atoms in total. The van der Waals surface area contributed by atoms with Gasteiger partial charge in [0.1, 0.15) is 6.07 Å². The second-order valence-corrected chi connectivity index (χ2v) is 4.32. The normalized spacial score (nSPS) is 9.67. The Bertz CT molecular complexity index is 485. The molecule has 0 saturated carbocycles. The molecule has 0 saturated heterocycles. The lowest BCUT2D eigenvalue weighted by Gasteiger charge is -2.09. The van der Waals surface area contributed by atoms with Crippen molar-refractivity contribution >= 4 is 27.5 Å². The predicted octanol–water partition coefficient (Wildman–Crippen LogP) is 2.40. The minimum Gasteiger partial charge on any atom is -0.382 e. The van der Waals surface area contributed by atoms with Gasteiger partial charge >= 0.3 is 0 Å². The Hall–Kier alpha value is -1.61. The van der Waals surface area contributed by atoms with Crippen molar-refractivity contribution in [3.8, 4) is 6.07 Å². The van der Waals surface area contributed by atoms with Gasteiger partial charge in [-0.05, 0) is 35.0 Å². The molecule has 0 spiro atoms. The lowest BCUT2D eigenvalue weighted by Crippen LogP contribution is -2.24. The summed E-state index contributed by atoms with van der Waals surface area (Å²) in [5.41, 5.74) is 0.506. The number of hydrogen-bond donors (Lipinski definition) is 2. The van der Waals surface area contributed by atoms with Crippen LogP contribution in [0, 0.1) is 17.1 Å². The van der Waals surface area contributed by atoms with Crippen LogP contribution in [0.1, 0.15) is 18.9 Å². The van der Waals surface area contributed by atoms with Gasteiger partial charge in [0.25, 0.3) is 0 Å². The first-order chi connectivity index (χ1) is 8.60. The van der Waals surface area contributed by atoms with Crippen molar-refractivity contribution in [2.45, 2.75) is 13.3 Å². The molecule has 1 amide bonds. The fourth-order valence-electron chi connectivity index (χ4n) is 1.37. The molecular formula is C12H13BrFN3O. The van der Waals surface area contributed by atoms with Crippen molar-refractivity contribution in [3.63, 3.8) is 0 Å². The van der Waals surface area contributed by atoms with Crippen LogP contribution >= 0.6 is 15.9 Å². The van der Waals surface area contributed by atoms with Gasteiger partial charge in [-0.3, -0.25) is 4.79 Å². The highest BCUT2D eigenvalue weighted by Gasteiger charge is 2.10. The van der Waals surface area contributed by atoms with E-state index in [1.54, 1.807) is 0 Å². The third kappa shape index (κ3) is 3.70. The summed E-state index contributed by atoms with van der Waals surface area (Å²) in [5, 5.41) is 14.2. The zero-order chi connectivity index (χ0) is 13.5. The fraction of sp³-hybridized carbons (Fsp3) is 0.333. The molecule has 0 aliphatic carbocycles. The number of carbonyl (C=O) groups is 1. The van der Waals surface area contributed by atoms with Crippen molar-refractivity contribution < 1.29 is 9.18 Å². The molecule has 0 fully saturated rings. The van der Waals surface area contributed by atoms with Crippen LogP contribution < -0.4 is 10.6 Å². The van der Waals surface area contributed by atoms with Gasteiger partial charge in [0.15, 0.2) is 5.82 Å². The van der Waals surface area contributed by atoms with E-state index in [0.717, 1.165) is 0 Å². The summed E-state index contributed by atoms with van der Waals surface area (Å²) >= 11 is 3.02. The van der Waals surface area contributed by atoms with Crippen molar-refractivity contribution in [2.24, 2.45) is 0 Å². The summed E-state index contributed by atoms with van der Waals surface area (Å²) in [6.07, 6.45) is 0.269. The first-order valence-electron chi connectivity index (χ1n) is 5.48. The maximum atomic E-state index is 13.8. The van der Waals surface area contributed by atoms with Gasteiger partial charge in [0.05, 0.1) is 15.7 Å². The van der Waals surface area contributed by atoms with Crippen molar-refractivity contribution in [2.75, 3.05) is 18.4 Å². The van der Waals surface area contributed by atoms with E-state index >= 15 is 0 Å². The van der Waals surface area contributed by atoms with E-state index in [0.29, 0.717) is 13.1 Å². The minimum atomic E-state index is -0.523. The molecule has 0 aromatic heterocycles. The molecule has 0 radical (unpaired) electrons. The first kappa shape index (κ1) is 14.5. The quantitative estimate of drug-likeness (QED) is 0.877. The van der Waals surface area contributed by atoms with Crippen LogP contribution in [-0.2, 0) is 4.79 Å². The van der Waals surface area contributed by atoms with Crippen LogP contribution in [-0.4, -0.2) is 19.0 Å². The lowest BCUT2D eigenvalue weighted by molar-refractivity contribution is -0.120. The SMILES string of the molecule is CCNC(=O)CCNc1ccc(C#N)c(Br)c1F. The van der Waals surface area contributed by atoms with E-state index in [4.69, 9.17) is 5.26 Å². The molecule has 0 bridgehead atoms. The van der Waals surface area contributed by atoms with Crippen molar-refractivity contribution in [3.05, 3.63) is 28.0 Å². The van der Waals surface area contributed by atoms with E-state index in [1.165, 1.54) is 12.1 Å². The number of hydrogen-bond acceptors (Lipinski definition) is 3. The zero-order valence-electron chi connectivity index (χ0n) is 9.89. The number of carbonyl (C=O) groups excluding carboxylic acids is 1. The Morgan fingerprint density at radius 2 is 2.28 bits per heavy atom. The van der Waals surface area contributed by atoms with E-state index < -0.39 is 5.82 Å². The van der Waals surface area contributed by atoms with Gasteiger partial charge in [-0.15, -0.1) is 0 Å². The number of halogens is 2. The topological polar surface area (TPSA) is 64.9 Å². The predicted molar refractivity (Wildman–Crippen MR) is 70.6 cm³/mol. The third-order valence-electron chi connectivity index (χ3n) is 2.24. The Balaban J connectivity index is 2.62. The third-order valence-corrected chi connectivity index (χ3v) is 3.02. The van der Waals surface area contributed by atoms with E-state index in [2.05, 4.69) is 26.6 Å². The minimum absolute atomic E-state index is 0.0851. The lowest BCUT2D eigenvalue weighted by atomic mass is 10.2. The van der Waals surface area contributed by atoms with Gasteiger partial charge in [-0.2, -0.15) is 5.26 Å². The molecule has 1 aromatic rings. The van der Waals surface area contributed by atoms with Crippen molar-refractivity contribution in [1.29, 1.82) is 5.26 Å². The van der Waals surface area contributed by atoms with Crippen LogP contribution in [0.3, 0.4) is 0 Å². The number of nitriles is 1. The average molecular weight is 314 g/mol. The van der Waals surface area contributed by atoms with Crippen LogP contribution in [0.4, 0.5) is 10.1 Å². The molecule has 1 aromatic carbocycles. The van der Waals surface area contributed by atoms with E-state index in [-0.39, 0.29) is 28.1 Å². The molecule has 1 rings (SSSR count). The zero-order valence-corrected chi connectivity index (χ0v) is 11.5. The highest BCUT2D eigenvalue weighted by molar-refractivity contribution is 9.10. The number of rotatable bonds is 5. The van der Waals surface area contributed by atoms with Crippen LogP contribution in [0.2, 0.25) is 0 Å². The smallest absolute Gasteiger partial charge is 0.221 e. The van der Waals surface area contributed by atoms with E-state index in [1.807, 2.05) is 13.0 Å². The summed E-state index contributed by atoms with van der Waals surface area (Å²) in [5.74, 6) is -0.608. The molecule has 0 aliphatic heterocycles. The molecule has 18 heavy (non-hydrogen) atoms. The Kier molecular flexibility index (Phi) is 5.59. The highest BCUT2D eigenvalue weighted by atomic mass is 79.9. The highest BCUT2D eigenvalue weighted by Crippen LogP contribution is 2.26. The first-order valence-corrected chi connectivity index (χ1v) is 6.28. The van der Waals surface area contributed by atoms with E-state index in [9.17, 15) is 9.18 Å². The largest absolute Gasteiger partial charge is 0.382 e. The summed E-state index contributed by atoms with van der Waals surface area (Å²) in [7, 11) is 0. The van der Waals surface area contributed by atoms with Gasteiger partial charge in [-0.1, -0.05) is 0 Å². The van der Waals surface area contributed by atoms with Crippen molar-refractivity contribution in [1.82, 2.24) is 5.32 Å². The molecule has 6 heteroatoms. The summed E-state index contributed by atoms with van der Waals surface area (Å²) in [4.78, 5) is 11.2. The van der Waals surface area contributed by atoms with Crippen LogP contribution in [0.15, 0.2) is 16.6 Å². The maximum absolute atomic E-state index is 13.8. The molecule has 0 atom stereocenters. The number of nitrogens with one attached hydrogen (secondary N) is 2. The maximum Gasteiger partial charge on any atom is 0.221 e.